The lowest BCUT2D eigenvalue weighted by atomic mass is 9.85. The third kappa shape index (κ3) is 2.32. The highest BCUT2D eigenvalue weighted by Crippen LogP contribution is 2.36. The van der Waals surface area contributed by atoms with E-state index in [1.54, 1.807) is 6.07 Å². The van der Waals surface area contributed by atoms with E-state index in [9.17, 15) is 4.79 Å². The third-order valence-corrected chi connectivity index (χ3v) is 3.32. The van der Waals surface area contributed by atoms with E-state index < -0.39 is 5.91 Å². The summed E-state index contributed by atoms with van der Waals surface area (Å²) in [5, 5.41) is 0. The Hall–Kier alpha value is -1.16. The molecule has 16 heavy (non-hydrogen) atoms. The molecule has 0 saturated carbocycles. The van der Waals surface area contributed by atoms with Gasteiger partial charge in [-0.15, -0.1) is 11.8 Å². The average molecular weight is 238 g/mol. The van der Waals surface area contributed by atoms with Crippen molar-refractivity contribution < 1.29 is 4.79 Å². The standard InChI is InChI=1S/C12H18N2OS/c1-12(2,3)8-6-5-7(11(14)15)10(16-4)9(8)13/h5-6H,13H2,1-4H3,(H2,14,15). The van der Waals surface area contributed by atoms with E-state index in [0.29, 0.717) is 11.3 Å². The topological polar surface area (TPSA) is 69.1 Å². The van der Waals surface area contributed by atoms with Crippen LogP contribution in [0.3, 0.4) is 0 Å². The highest BCUT2D eigenvalue weighted by atomic mass is 32.2. The van der Waals surface area contributed by atoms with Gasteiger partial charge in [0.05, 0.1) is 5.56 Å². The number of carbonyl (C=O) groups is 1. The molecular formula is C12H18N2OS. The molecular weight excluding hydrogens is 220 g/mol. The largest absolute Gasteiger partial charge is 0.398 e. The first-order valence-electron chi connectivity index (χ1n) is 5.05. The van der Waals surface area contributed by atoms with E-state index in [-0.39, 0.29) is 5.41 Å². The fraction of sp³-hybridized carbons (Fsp3) is 0.417. The van der Waals surface area contributed by atoms with Crippen LogP contribution in [0.5, 0.6) is 0 Å². The number of anilines is 1. The molecule has 1 amide bonds. The van der Waals surface area contributed by atoms with Crippen molar-refractivity contribution in [1.29, 1.82) is 0 Å². The Labute approximate surface area is 101 Å². The minimum atomic E-state index is -0.434. The summed E-state index contributed by atoms with van der Waals surface area (Å²) in [4.78, 5) is 12.0. The molecule has 1 aromatic rings. The van der Waals surface area contributed by atoms with Crippen molar-refractivity contribution in [1.82, 2.24) is 0 Å². The molecule has 1 aromatic carbocycles. The van der Waals surface area contributed by atoms with Gasteiger partial charge >= 0.3 is 0 Å². The lowest BCUT2D eigenvalue weighted by Gasteiger charge is -2.23. The van der Waals surface area contributed by atoms with Crippen LogP contribution in [-0.4, -0.2) is 12.2 Å². The van der Waals surface area contributed by atoms with Gasteiger partial charge in [-0.3, -0.25) is 4.79 Å². The van der Waals surface area contributed by atoms with Gasteiger partial charge in [0.2, 0.25) is 5.91 Å². The van der Waals surface area contributed by atoms with Gasteiger partial charge in [0.25, 0.3) is 0 Å². The summed E-state index contributed by atoms with van der Waals surface area (Å²) in [6.07, 6.45) is 1.89. The van der Waals surface area contributed by atoms with Gasteiger partial charge in [-0.1, -0.05) is 26.8 Å². The van der Waals surface area contributed by atoms with Crippen LogP contribution >= 0.6 is 11.8 Å². The predicted octanol–water partition coefficient (Wildman–Crippen LogP) is 2.39. The molecule has 0 saturated heterocycles. The van der Waals surface area contributed by atoms with Gasteiger partial charge < -0.3 is 11.5 Å². The van der Waals surface area contributed by atoms with Crippen LogP contribution in [0.15, 0.2) is 17.0 Å². The number of amides is 1. The summed E-state index contributed by atoms with van der Waals surface area (Å²) in [6, 6.07) is 3.64. The van der Waals surface area contributed by atoms with Crippen molar-refractivity contribution in [2.24, 2.45) is 5.73 Å². The van der Waals surface area contributed by atoms with Crippen molar-refractivity contribution in [3.63, 3.8) is 0 Å². The molecule has 0 atom stereocenters. The molecule has 0 aliphatic rings. The lowest BCUT2D eigenvalue weighted by Crippen LogP contribution is -2.18. The highest BCUT2D eigenvalue weighted by Gasteiger charge is 2.21. The first-order valence-corrected chi connectivity index (χ1v) is 6.28. The molecule has 0 aromatic heterocycles. The van der Waals surface area contributed by atoms with E-state index in [2.05, 4.69) is 20.8 Å². The van der Waals surface area contributed by atoms with Crippen LogP contribution in [0.4, 0.5) is 5.69 Å². The summed E-state index contributed by atoms with van der Waals surface area (Å²) in [6.45, 7) is 6.27. The molecule has 0 aliphatic heterocycles. The van der Waals surface area contributed by atoms with Crippen molar-refractivity contribution in [2.75, 3.05) is 12.0 Å². The summed E-state index contributed by atoms with van der Waals surface area (Å²) in [7, 11) is 0. The van der Waals surface area contributed by atoms with Gasteiger partial charge in [-0.25, -0.2) is 0 Å². The van der Waals surface area contributed by atoms with Crippen molar-refractivity contribution in [3.8, 4) is 0 Å². The molecule has 88 valence electrons. The molecule has 0 unspecified atom stereocenters. The van der Waals surface area contributed by atoms with Crippen molar-refractivity contribution in [3.05, 3.63) is 23.3 Å². The Bertz CT molecular complexity index is 422. The maximum Gasteiger partial charge on any atom is 0.249 e. The van der Waals surface area contributed by atoms with Gasteiger partial charge in [0.1, 0.15) is 0 Å². The van der Waals surface area contributed by atoms with Crippen LogP contribution in [0.25, 0.3) is 0 Å². The first kappa shape index (κ1) is 12.9. The van der Waals surface area contributed by atoms with E-state index in [0.717, 1.165) is 10.5 Å². The Morgan fingerprint density at radius 1 is 1.31 bits per heavy atom. The van der Waals surface area contributed by atoms with Crippen LogP contribution in [0.1, 0.15) is 36.7 Å². The Morgan fingerprint density at radius 2 is 1.88 bits per heavy atom. The molecule has 0 spiro atoms. The Kier molecular flexibility index (Phi) is 3.53. The predicted molar refractivity (Wildman–Crippen MR) is 69.9 cm³/mol. The normalized spacial score (nSPS) is 11.5. The molecule has 4 heteroatoms. The van der Waals surface area contributed by atoms with E-state index in [4.69, 9.17) is 11.5 Å². The van der Waals surface area contributed by atoms with E-state index >= 15 is 0 Å². The number of hydrogen-bond donors (Lipinski definition) is 2. The van der Waals surface area contributed by atoms with Gasteiger partial charge in [0.15, 0.2) is 0 Å². The minimum Gasteiger partial charge on any atom is -0.398 e. The fourth-order valence-corrected chi connectivity index (χ4v) is 2.39. The average Bonchev–Trinajstić information content (AvgIpc) is 2.14. The van der Waals surface area contributed by atoms with Gasteiger partial charge in [-0.05, 0) is 23.3 Å². The monoisotopic (exact) mass is 238 g/mol. The molecule has 0 bridgehead atoms. The maximum atomic E-state index is 11.2. The van der Waals surface area contributed by atoms with E-state index in [1.165, 1.54) is 11.8 Å². The van der Waals surface area contributed by atoms with Crippen molar-refractivity contribution >= 4 is 23.4 Å². The number of nitrogens with two attached hydrogens (primary N) is 2. The van der Waals surface area contributed by atoms with Gasteiger partial charge in [-0.2, -0.15) is 0 Å². The van der Waals surface area contributed by atoms with E-state index in [1.807, 2.05) is 12.3 Å². The minimum absolute atomic E-state index is 0.0370. The number of hydrogen-bond acceptors (Lipinski definition) is 3. The molecule has 0 aliphatic carbocycles. The quantitative estimate of drug-likeness (QED) is 0.614. The second kappa shape index (κ2) is 4.37. The summed E-state index contributed by atoms with van der Waals surface area (Å²) >= 11 is 1.45. The second-order valence-electron chi connectivity index (χ2n) is 4.72. The smallest absolute Gasteiger partial charge is 0.249 e. The number of rotatable bonds is 2. The Balaban J connectivity index is 3.46. The molecule has 3 nitrogen and oxygen atoms in total. The molecule has 0 fully saturated rings. The number of carbonyl (C=O) groups excluding carboxylic acids is 1. The summed E-state index contributed by atoms with van der Waals surface area (Å²) in [5.74, 6) is -0.434. The third-order valence-electron chi connectivity index (χ3n) is 2.47. The zero-order chi connectivity index (χ0) is 12.5. The Morgan fingerprint density at radius 3 is 2.25 bits per heavy atom. The summed E-state index contributed by atoms with van der Waals surface area (Å²) < 4.78 is 0. The second-order valence-corrected chi connectivity index (χ2v) is 5.54. The number of primary amides is 1. The van der Waals surface area contributed by atoms with Gasteiger partial charge in [0, 0.05) is 10.6 Å². The molecule has 0 heterocycles. The fourth-order valence-electron chi connectivity index (χ4n) is 1.67. The number of benzene rings is 1. The summed E-state index contributed by atoms with van der Waals surface area (Å²) in [5.41, 5.74) is 13.6. The molecule has 4 N–H and O–H groups in total. The maximum absolute atomic E-state index is 11.2. The zero-order valence-corrected chi connectivity index (χ0v) is 10.9. The van der Waals surface area contributed by atoms with Crippen LogP contribution in [0.2, 0.25) is 0 Å². The zero-order valence-electron chi connectivity index (χ0n) is 10.1. The number of nitrogen functional groups attached to an aromatic ring is 1. The van der Waals surface area contributed by atoms with Crippen molar-refractivity contribution in [2.45, 2.75) is 31.1 Å². The van der Waals surface area contributed by atoms with Crippen LogP contribution in [0, 0.1) is 0 Å². The lowest BCUT2D eigenvalue weighted by molar-refractivity contribution is 0.0997. The first-order chi connectivity index (χ1) is 7.29. The number of thioether (sulfide) groups is 1. The van der Waals surface area contributed by atoms with Crippen LogP contribution in [-0.2, 0) is 5.41 Å². The SMILES string of the molecule is CSc1c(C(N)=O)ccc(C(C)(C)C)c1N. The highest BCUT2D eigenvalue weighted by molar-refractivity contribution is 7.98. The molecule has 1 rings (SSSR count). The molecule has 0 radical (unpaired) electrons. The van der Waals surface area contributed by atoms with Crippen LogP contribution < -0.4 is 11.5 Å².